The Labute approximate surface area is 140 Å². The molecule has 120 valence electrons. The van der Waals surface area contributed by atoms with Crippen molar-refractivity contribution in [1.82, 2.24) is 0 Å². The molecule has 0 fully saturated rings. The zero-order chi connectivity index (χ0) is 16.8. The van der Waals surface area contributed by atoms with E-state index in [-0.39, 0.29) is 18.9 Å². The number of nitrogens with one attached hydrogen (secondary N) is 1. The van der Waals surface area contributed by atoms with E-state index in [1.165, 1.54) is 0 Å². The predicted molar refractivity (Wildman–Crippen MR) is 90.7 cm³/mol. The Hall–Kier alpha value is -2.33. The fourth-order valence-electron chi connectivity index (χ4n) is 2.13. The third-order valence-electron chi connectivity index (χ3n) is 3.31. The first-order chi connectivity index (χ1) is 11.0. The first-order valence-electron chi connectivity index (χ1n) is 7.22. The second-order valence-electron chi connectivity index (χ2n) is 5.30. The summed E-state index contributed by atoms with van der Waals surface area (Å²) < 4.78 is 4.99. The van der Waals surface area contributed by atoms with E-state index in [1.54, 1.807) is 24.3 Å². The average molecular weight is 332 g/mol. The number of hydrogen-bond donors (Lipinski definition) is 1. The van der Waals surface area contributed by atoms with Crippen molar-refractivity contribution in [3.63, 3.8) is 0 Å². The molecule has 0 saturated heterocycles. The molecule has 2 rings (SSSR count). The van der Waals surface area contributed by atoms with E-state index >= 15 is 0 Å². The van der Waals surface area contributed by atoms with E-state index < -0.39 is 5.97 Å². The van der Waals surface area contributed by atoms with Crippen LogP contribution in [0.3, 0.4) is 0 Å². The standard InChI is InChI=1S/C18H18ClNO3/c1-12-7-8-16(13(2)9-12)20-17(21)11-23-18(22)10-14-5-3-4-6-15(14)19/h3-9H,10-11H2,1-2H3,(H,20,21). The fraction of sp³-hybridized carbons (Fsp3) is 0.222. The number of ether oxygens (including phenoxy) is 1. The van der Waals surface area contributed by atoms with E-state index in [4.69, 9.17) is 16.3 Å². The van der Waals surface area contributed by atoms with Crippen molar-refractivity contribution in [3.05, 3.63) is 64.2 Å². The summed E-state index contributed by atoms with van der Waals surface area (Å²) in [5.74, 6) is -0.863. The first kappa shape index (κ1) is 17.0. The highest BCUT2D eigenvalue weighted by molar-refractivity contribution is 6.31. The number of rotatable bonds is 5. The Morgan fingerprint density at radius 1 is 1.13 bits per heavy atom. The molecule has 0 bridgehead atoms. The molecule has 0 spiro atoms. The van der Waals surface area contributed by atoms with Crippen LogP contribution in [0.4, 0.5) is 5.69 Å². The van der Waals surface area contributed by atoms with Crippen LogP contribution >= 0.6 is 11.6 Å². The van der Waals surface area contributed by atoms with Crippen LogP contribution < -0.4 is 5.32 Å². The number of amides is 1. The van der Waals surface area contributed by atoms with Crippen molar-refractivity contribution in [2.24, 2.45) is 0 Å². The van der Waals surface area contributed by atoms with Gasteiger partial charge in [0.2, 0.25) is 0 Å². The summed E-state index contributed by atoms with van der Waals surface area (Å²) >= 11 is 5.98. The van der Waals surface area contributed by atoms with Gasteiger partial charge >= 0.3 is 5.97 Å². The molecule has 1 N–H and O–H groups in total. The van der Waals surface area contributed by atoms with Crippen LogP contribution in [0, 0.1) is 13.8 Å². The number of aryl methyl sites for hydroxylation is 2. The minimum Gasteiger partial charge on any atom is -0.455 e. The number of carbonyl (C=O) groups is 2. The van der Waals surface area contributed by atoms with Crippen molar-refractivity contribution >= 4 is 29.2 Å². The highest BCUT2D eigenvalue weighted by Gasteiger charge is 2.11. The molecule has 0 radical (unpaired) electrons. The molecule has 0 aromatic heterocycles. The van der Waals surface area contributed by atoms with Gasteiger partial charge in [-0.2, -0.15) is 0 Å². The molecule has 5 heteroatoms. The lowest BCUT2D eigenvalue weighted by atomic mass is 10.1. The van der Waals surface area contributed by atoms with Gasteiger partial charge in [-0.25, -0.2) is 0 Å². The lowest BCUT2D eigenvalue weighted by Gasteiger charge is -2.10. The highest BCUT2D eigenvalue weighted by atomic mass is 35.5. The smallest absolute Gasteiger partial charge is 0.310 e. The number of anilines is 1. The minimum atomic E-state index is -0.492. The number of benzene rings is 2. The van der Waals surface area contributed by atoms with Crippen LogP contribution in [0.2, 0.25) is 5.02 Å². The molecule has 4 nitrogen and oxygen atoms in total. The fourth-order valence-corrected chi connectivity index (χ4v) is 2.34. The van der Waals surface area contributed by atoms with Crippen LogP contribution in [0.25, 0.3) is 0 Å². The number of esters is 1. The summed E-state index contributed by atoms with van der Waals surface area (Å²) in [6.45, 7) is 3.57. The maximum absolute atomic E-state index is 11.9. The van der Waals surface area contributed by atoms with E-state index in [2.05, 4.69) is 5.32 Å². The van der Waals surface area contributed by atoms with Crippen molar-refractivity contribution in [2.45, 2.75) is 20.3 Å². The first-order valence-corrected chi connectivity index (χ1v) is 7.59. The van der Waals surface area contributed by atoms with Crippen LogP contribution in [-0.2, 0) is 20.7 Å². The summed E-state index contributed by atoms with van der Waals surface area (Å²) in [7, 11) is 0. The van der Waals surface area contributed by atoms with E-state index in [9.17, 15) is 9.59 Å². The SMILES string of the molecule is Cc1ccc(NC(=O)COC(=O)Cc2ccccc2Cl)c(C)c1. The summed E-state index contributed by atoms with van der Waals surface area (Å²) in [6, 6.07) is 12.7. The second-order valence-corrected chi connectivity index (χ2v) is 5.70. The van der Waals surface area contributed by atoms with Gasteiger partial charge in [-0.1, -0.05) is 47.5 Å². The Balaban J connectivity index is 1.84. The van der Waals surface area contributed by atoms with Crippen molar-refractivity contribution < 1.29 is 14.3 Å². The largest absolute Gasteiger partial charge is 0.455 e. The van der Waals surface area contributed by atoms with E-state index in [0.29, 0.717) is 16.3 Å². The van der Waals surface area contributed by atoms with Gasteiger partial charge in [0.25, 0.3) is 5.91 Å². The third-order valence-corrected chi connectivity index (χ3v) is 3.68. The lowest BCUT2D eigenvalue weighted by molar-refractivity contribution is -0.146. The summed E-state index contributed by atoms with van der Waals surface area (Å²) in [6.07, 6.45) is 0.0382. The molecule has 0 aliphatic heterocycles. The van der Waals surface area contributed by atoms with Gasteiger partial charge < -0.3 is 10.1 Å². The van der Waals surface area contributed by atoms with Gasteiger partial charge in [0, 0.05) is 10.7 Å². The molecule has 23 heavy (non-hydrogen) atoms. The maximum Gasteiger partial charge on any atom is 0.310 e. The second kappa shape index (κ2) is 7.79. The quantitative estimate of drug-likeness (QED) is 0.850. The monoisotopic (exact) mass is 331 g/mol. The molecular weight excluding hydrogens is 314 g/mol. The van der Waals surface area contributed by atoms with Gasteiger partial charge in [-0.05, 0) is 37.1 Å². The van der Waals surface area contributed by atoms with Gasteiger partial charge in [0.1, 0.15) is 0 Å². The molecule has 0 saturated carbocycles. The van der Waals surface area contributed by atoms with Crippen LogP contribution in [0.5, 0.6) is 0 Å². The molecule has 2 aromatic carbocycles. The number of carbonyl (C=O) groups excluding carboxylic acids is 2. The molecule has 0 aliphatic rings. The topological polar surface area (TPSA) is 55.4 Å². The highest BCUT2D eigenvalue weighted by Crippen LogP contribution is 2.17. The lowest BCUT2D eigenvalue weighted by Crippen LogP contribution is -2.22. The molecule has 0 unspecified atom stereocenters. The Morgan fingerprint density at radius 3 is 2.57 bits per heavy atom. The summed E-state index contributed by atoms with van der Waals surface area (Å²) in [5, 5.41) is 3.23. The third kappa shape index (κ3) is 5.11. The Morgan fingerprint density at radius 2 is 1.87 bits per heavy atom. The molecule has 0 aliphatic carbocycles. The summed E-state index contributed by atoms with van der Waals surface area (Å²) in [5.41, 5.74) is 3.46. The van der Waals surface area contributed by atoms with Gasteiger partial charge in [-0.3, -0.25) is 9.59 Å². The average Bonchev–Trinajstić information content (AvgIpc) is 2.50. The molecule has 2 aromatic rings. The van der Waals surface area contributed by atoms with Gasteiger partial charge in [-0.15, -0.1) is 0 Å². The molecule has 0 heterocycles. The van der Waals surface area contributed by atoms with Crippen LogP contribution in [0.1, 0.15) is 16.7 Å². The van der Waals surface area contributed by atoms with Crippen molar-refractivity contribution in [2.75, 3.05) is 11.9 Å². The van der Waals surface area contributed by atoms with Gasteiger partial charge in [0.15, 0.2) is 6.61 Å². The maximum atomic E-state index is 11.9. The van der Waals surface area contributed by atoms with Crippen LogP contribution in [-0.4, -0.2) is 18.5 Å². The van der Waals surface area contributed by atoms with E-state index in [0.717, 1.165) is 11.1 Å². The molecule has 1 amide bonds. The Bertz CT molecular complexity index is 728. The van der Waals surface area contributed by atoms with E-state index in [1.807, 2.05) is 32.0 Å². The minimum absolute atomic E-state index is 0.0382. The zero-order valence-corrected chi connectivity index (χ0v) is 13.8. The van der Waals surface area contributed by atoms with Gasteiger partial charge in [0.05, 0.1) is 6.42 Å². The van der Waals surface area contributed by atoms with Crippen molar-refractivity contribution in [3.8, 4) is 0 Å². The predicted octanol–water partition coefficient (Wildman–Crippen LogP) is 3.68. The molecule has 0 atom stereocenters. The normalized spacial score (nSPS) is 10.2. The Kier molecular flexibility index (Phi) is 5.77. The number of hydrogen-bond acceptors (Lipinski definition) is 3. The van der Waals surface area contributed by atoms with Crippen LogP contribution in [0.15, 0.2) is 42.5 Å². The zero-order valence-electron chi connectivity index (χ0n) is 13.1. The molecular formula is C18H18ClNO3. The number of halogens is 1. The summed E-state index contributed by atoms with van der Waals surface area (Å²) in [4.78, 5) is 23.6. The van der Waals surface area contributed by atoms with Crippen molar-refractivity contribution in [1.29, 1.82) is 0 Å².